The molecule has 1 aliphatic rings. The predicted molar refractivity (Wildman–Crippen MR) is 129 cm³/mol. The molecular formula is C19H30IN7O3S. The highest BCUT2D eigenvalue weighted by Gasteiger charge is 2.20. The number of sulfonamides is 1. The van der Waals surface area contributed by atoms with E-state index < -0.39 is 10.0 Å². The highest BCUT2D eigenvalue weighted by molar-refractivity contribution is 14.0. The zero-order chi connectivity index (χ0) is 21.4. The monoisotopic (exact) mass is 563 g/mol. The maximum Gasteiger partial charge on any atom is 0.240 e. The van der Waals surface area contributed by atoms with Gasteiger partial charge in [-0.3, -0.25) is 4.68 Å². The summed E-state index contributed by atoms with van der Waals surface area (Å²) in [4.78, 5) is 8.96. The molecule has 3 N–H and O–H groups in total. The summed E-state index contributed by atoms with van der Waals surface area (Å²) in [6, 6.07) is 6.75. The van der Waals surface area contributed by atoms with Crippen molar-refractivity contribution in [2.24, 2.45) is 12.0 Å². The van der Waals surface area contributed by atoms with Crippen molar-refractivity contribution in [2.45, 2.75) is 43.9 Å². The van der Waals surface area contributed by atoms with Gasteiger partial charge in [0.1, 0.15) is 12.2 Å². The molecule has 1 fully saturated rings. The van der Waals surface area contributed by atoms with Crippen molar-refractivity contribution < 1.29 is 13.2 Å². The van der Waals surface area contributed by atoms with Gasteiger partial charge in [-0.25, -0.2) is 23.1 Å². The average Bonchev–Trinajstić information content (AvgIpc) is 3.41. The van der Waals surface area contributed by atoms with E-state index >= 15 is 0 Å². The number of nitrogens with zero attached hydrogens (tertiary/aromatic N) is 4. The van der Waals surface area contributed by atoms with Gasteiger partial charge in [-0.05, 0) is 37.5 Å². The van der Waals surface area contributed by atoms with Gasteiger partial charge in [-0.1, -0.05) is 12.1 Å². The molecule has 10 nitrogen and oxygen atoms in total. The molecule has 0 aliphatic carbocycles. The van der Waals surface area contributed by atoms with E-state index in [0.717, 1.165) is 30.8 Å². The van der Waals surface area contributed by atoms with Crippen LogP contribution < -0.4 is 15.4 Å². The first-order valence-electron chi connectivity index (χ1n) is 10.0. The molecule has 12 heteroatoms. The normalized spacial score (nSPS) is 16.7. The Morgan fingerprint density at radius 2 is 2.06 bits per heavy atom. The SMILES string of the molecule is CCNC(=NCc1ccc(S(=O)(=O)NCC2CCCO2)cc1)NCc1ncnn1C.I. The summed E-state index contributed by atoms with van der Waals surface area (Å²) in [5.74, 6) is 1.45. The fourth-order valence-electron chi connectivity index (χ4n) is 3.02. The zero-order valence-corrected chi connectivity index (χ0v) is 20.9. The van der Waals surface area contributed by atoms with Crippen LogP contribution in [0.4, 0.5) is 0 Å². The van der Waals surface area contributed by atoms with Crippen LogP contribution in [0.1, 0.15) is 31.2 Å². The van der Waals surface area contributed by atoms with E-state index in [1.54, 1.807) is 28.9 Å². The lowest BCUT2D eigenvalue weighted by Crippen LogP contribution is -2.37. The lowest BCUT2D eigenvalue weighted by Gasteiger charge is -2.12. The van der Waals surface area contributed by atoms with Crippen LogP contribution in [0.3, 0.4) is 0 Å². The molecule has 0 bridgehead atoms. The number of hydrogen-bond acceptors (Lipinski definition) is 6. The third-order valence-corrected chi connectivity index (χ3v) is 6.18. The summed E-state index contributed by atoms with van der Waals surface area (Å²) in [6.07, 6.45) is 3.33. The van der Waals surface area contributed by atoms with Gasteiger partial charge in [0.15, 0.2) is 5.96 Å². The molecule has 0 amide bonds. The summed E-state index contributed by atoms with van der Waals surface area (Å²) < 4.78 is 34.7. The Kier molecular flexibility index (Phi) is 10.1. The molecule has 1 aromatic heterocycles. The van der Waals surface area contributed by atoms with Gasteiger partial charge in [-0.15, -0.1) is 24.0 Å². The molecule has 1 aromatic carbocycles. The first-order valence-corrected chi connectivity index (χ1v) is 11.5. The van der Waals surface area contributed by atoms with Crippen molar-refractivity contribution in [1.29, 1.82) is 0 Å². The van der Waals surface area contributed by atoms with E-state index in [2.05, 4.69) is 30.4 Å². The zero-order valence-electron chi connectivity index (χ0n) is 17.7. The first kappa shape index (κ1) is 25.5. The van der Waals surface area contributed by atoms with Crippen LogP contribution in [-0.2, 0) is 34.9 Å². The van der Waals surface area contributed by atoms with Gasteiger partial charge in [0.25, 0.3) is 0 Å². The number of aryl methyl sites for hydroxylation is 1. The van der Waals surface area contributed by atoms with E-state index in [1.165, 1.54) is 6.33 Å². The predicted octanol–water partition coefficient (Wildman–Crippen LogP) is 1.15. The second-order valence-electron chi connectivity index (χ2n) is 6.98. The fourth-order valence-corrected chi connectivity index (χ4v) is 4.09. The lowest BCUT2D eigenvalue weighted by molar-refractivity contribution is 0.114. The molecule has 1 unspecified atom stereocenters. The van der Waals surface area contributed by atoms with Crippen LogP contribution >= 0.6 is 24.0 Å². The molecule has 1 saturated heterocycles. The minimum absolute atomic E-state index is 0. The summed E-state index contributed by atoms with van der Waals surface area (Å²) >= 11 is 0. The van der Waals surface area contributed by atoms with Crippen LogP contribution in [0.5, 0.6) is 0 Å². The molecule has 31 heavy (non-hydrogen) atoms. The Morgan fingerprint density at radius 3 is 2.68 bits per heavy atom. The minimum Gasteiger partial charge on any atom is -0.377 e. The van der Waals surface area contributed by atoms with Gasteiger partial charge in [0.05, 0.1) is 24.1 Å². The van der Waals surface area contributed by atoms with E-state index in [1.807, 2.05) is 14.0 Å². The number of aliphatic imine (C=N–C) groups is 1. The Balaban J connectivity index is 0.00000341. The lowest BCUT2D eigenvalue weighted by atomic mass is 10.2. The fraction of sp³-hybridized carbons (Fsp3) is 0.526. The highest BCUT2D eigenvalue weighted by atomic mass is 127. The van der Waals surface area contributed by atoms with Crippen molar-refractivity contribution in [2.75, 3.05) is 19.7 Å². The maximum absolute atomic E-state index is 12.4. The molecule has 3 rings (SSSR count). The number of nitrogens with one attached hydrogen (secondary N) is 3. The second kappa shape index (κ2) is 12.3. The van der Waals surface area contributed by atoms with Gasteiger partial charge in [0, 0.05) is 26.7 Å². The number of guanidine groups is 1. The summed E-state index contributed by atoms with van der Waals surface area (Å²) in [6.45, 7) is 4.62. The number of ether oxygens (including phenoxy) is 1. The maximum atomic E-state index is 12.4. The molecule has 0 spiro atoms. The summed E-state index contributed by atoms with van der Waals surface area (Å²) in [7, 11) is -1.72. The van der Waals surface area contributed by atoms with E-state index in [9.17, 15) is 8.42 Å². The topological polar surface area (TPSA) is 123 Å². The Bertz CT molecular complexity index is 942. The van der Waals surface area contributed by atoms with Crippen molar-refractivity contribution in [1.82, 2.24) is 30.1 Å². The third-order valence-electron chi connectivity index (χ3n) is 4.74. The summed E-state index contributed by atoms with van der Waals surface area (Å²) in [5, 5.41) is 10.4. The van der Waals surface area contributed by atoms with Gasteiger partial charge < -0.3 is 15.4 Å². The molecule has 0 saturated carbocycles. The van der Waals surface area contributed by atoms with Crippen molar-refractivity contribution >= 4 is 40.0 Å². The van der Waals surface area contributed by atoms with Crippen molar-refractivity contribution in [3.05, 3.63) is 42.0 Å². The molecular weight excluding hydrogens is 533 g/mol. The first-order chi connectivity index (χ1) is 14.5. The molecule has 2 aromatic rings. The highest BCUT2D eigenvalue weighted by Crippen LogP contribution is 2.14. The number of benzene rings is 1. The third kappa shape index (κ3) is 7.70. The van der Waals surface area contributed by atoms with Gasteiger partial charge in [-0.2, -0.15) is 5.10 Å². The molecule has 1 aliphatic heterocycles. The molecule has 2 heterocycles. The van der Waals surface area contributed by atoms with Crippen molar-refractivity contribution in [3.8, 4) is 0 Å². The quantitative estimate of drug-likeness (QED) is 0.238. The largest absolute Gasteiger partial charge is 0.377 e. The number of hydrogen-bond donors (Lipinski definition) is 3. The van der Waals surface area contributed by atoms with Crippen molar-refractivity contribution in [3.63, 3.8) is 0 Å². The van der Waals surface area contributed by atoms with Crippen LogP contribution in [-0.4, -0.2) is 54.9 Å². The molecule has 0 radical (unpaired) electrons. The number of halogens is 1. The Labute approximate surface area is 200 Å². The van der Waals surface area contributed by atoms with E-state index in [0.29, 0.717) is 32.2 Å². The van der Waals surface area contributed by atoms with Gasteiger partial charge >= 0.3 is 0 Å². The average molecular weight is 563 g/mol. The van der Waals surface area contributed by atoms with E-state index in [4.69, 9.17) is 4.74 Å². The number of rotatable bonds is 9. The second-order valence-corrected chi connectivity index (χ2v) is 8.75. The number of aromatic nitrogens is 3. The standard InChI is InChI=1S/C19H29N7O3S.HI/c1-3-20-19(22-13-18-23-14-24-26(18)2)21-11-15-6-8-17(9-7-15)30(27,28)25-12-16-5-4-10-29-16;/h6-9,14,16,25H,3-5,10-13H2,1-2H3,(H2,20,21,22);1H. The molecule has 172 valence electrons. The smallest absolute Gasteiger partial charge is 0.240 e. The summed E-state index contributed by atoms with van der Waals surface area (Å²) in [5.41, 5.74) is 0.906. The van der Waals surface area contributed by atoms with E-state index in [-0.39, 0.29) is 35.0 Å². The van der Waals surface area contributed by atoms with Crippen LogP contribution in [0.15, 0.2) is 40.5 Å². The van der Waals surface area contributed by atoms with Gasteiger partial charge in [0.2, 0.25) is 10.0 Å². The van der Waals surface area contributed by atoms with Crippen LogP contribution in [0.25, 0.3) is 0 Å². The molecule has 1 atom stereocenters. The Morgan fingerprint density at radius 1 is 1.29 bits per heavy atom. The van der Waals surface area contributed by atoms with Crippen LogP contribution in [0, 0.1) is 0 Å². The minimum atomic E-state index is -3.55. The Hall–Kier alpha value is -1.77. The van der Waals surface area contributed by atoms with Crippen LogP contribution in [0.2, 0.25) is 0 Å².